The maximum atomic E-state index is 12.5. The lowest BCUT2D eigenvalue weighted by Crippen LogP contribution is -2.42. The Kier molecular flexibility index (Phi) is 4.18. The molecular weight excluding hydrogens is 288 g/mol. The average Bonchev–Trinajstić information content (AvgIpc) is 2.56. The van der Waals surface area contributed by atoms with Gasteiger partial charge in [-0.25, -0.2) is 0 Å². The van der Waals surface area contributed by atoms with E-state index in [0.29, 0.717) is 30.3 Å². The van der Waals surface area contributed by atoms with Gasteiger partial charge in [0.15, 0.2) is 0 Å². The summed E-state index contributed by atoms with van der Waals surface area (Å²) in [5, 5.41) is 0.694. The Morgan fingerprint density at radius 3 is 2.62 bits per heavy atom. The van der Waals surface area contributed by atoms with E-state index in [4.69, 9.17) is 16.3 Å². The van der Waals surface area contributed by atoms with E-state index in [9.17, 15) is 4.79 Å². The second-order valence-corrected chi connectivity index (χ2v) is 5.33. The van der Waals surface area contributed by atoms with Crippen LogP contribution in [0, 0.1) is 0 Å². The molecule has 1 aliphatic heterocycles. The van der Waals surface area contributed by atoms with Crippen LogP contribution in [0.25, 0.3) is 0 Å². The zero-order valence-electron chi connectivity index (χ0n) is 11.4. The highest BCUT2D eigenvalue weighted by Crippen LogP contribution is 2.24. The van der Waals surface area contributed by atoms with Crippen molar-refractivity contribution in [1.29, 1.82) is 0 Å². The van der Waals surface area contributed by atoms with Crippen molar-refractivity contribution in [2.45, 2.75) is 6.10 Å². The van der Waals surface area contributed by atoms with Crippen LogP contribution in [-0.2, 0) is 4.74 Å². The Morgan fingerprint density at radius 1 is 1.19 bits per heavy atom. The van der Waals surface area contributed by atoms with Crippen molar-refractivity contribution < 1.29 is 9.53 Å². The van der Waals surface area contributed by atoms with E-state index in [1.165, 1.54) is 0 Å². The zero-order valence-corrected chi connectivity index (χ0v) is 12.2. The number of pyridine rings is 1. The van der Waals surface area contributed by atoms with Gasteiger partial charge in [-0.05, 0) is 29.8 Å². The highest BCUT2D eigenvalue weighted by atomic mass is 35.5. The molecule has 1 amide bonds. The van der Waals surface area contributed by atoms with Gasteiger partial charge < -0.3 is 9.64 Å². The van der Waals surface area contributed by atoms with Crippen molar-refractivity contribution in [3.63, 3.8) is 0 Å². The number of ether oxygens (including phenoxy) is 1. The number of carbonyl (C=O) groups is 1. The van der Waals surface area contributed by atoms with Gasteiger partial charge in [0.2, 0.25) is 0 Å². The Hall–Kier alpha value is -1.91. The topological polar surface area (TPSA) is 42.4 Å². The number of nitrogens with zero attached hydrogens (tertiary/aromatic N) is 2. The third-order valence-corrected chi connectivity index (χ3v) is 3.77. The number of amides is 1. The lowest BCUT2D eigenvalue weighted by atomic mass is 10.1. The summed E-state index contributed by atoms with van der Waals surface area (Å²) in [5.74, 6) is 0.0136. The molecule has 0 N–H and O–H groups in total. The predicted molar refractivity (Wildman–Crippen MR) is 80.3 cm³/mol. The standard InChI is InChI=1S/C16H15ClN2O2/c17-14-3-1-12(2-4-14)15-11-19(9-10-21-15)16(20)13-5-7-18-8-6-13/h1-8,15H,9-11H2. The minimum absolute atomic E-state index is 0.0136. The van der Waals surface area contributed by atoms with Gasteiger partial charge in [0.1, 0.15) is 6.10 Å². The van der Waals surface area contributed by atoms with Crippen LogP contribution >= 0.6 is 11.6 Å². The number of halogens is 1. The first-order valence-corrected chi connectivity index (χ1v) is 7.18. The summed E-state index contributed by atoms with van der Waals surface area (Å²) in [6, 6.07) is 11.0. The minimum atomic E-state index is -0.109. The van der Waals surface area contributed by atoms with Crippen LogP contribution in [0.15, 0.2) is 48.8 Å². The van der Waals surface area contributed by atoms with Gasteiger partial charge in [-0.3, -0.25) is 9.78 Å². The number of hydrogen-bond donors (Lipinski definition) is 0. The highest BCUT2D eigenvalue weighted by molar-refractivity contribution is 6.30. The molecule has 0 radical (unpaired) electrons. The van der Waals surface area contributed by atoms with E-state index in [1.807, 2.05) is 29.2 Å². The molecule has 5 heteroatoms. The average molecular weight is 303 g/mol. The molecule has 0 saturated carbocycles. The smallest absolute Gasteiger partial charge is 0.254 e. The molecular formula is C16H15ClN2O2. The summed E-state index contributed by atoms with van der Waals surface area (Å²) in [6.07, 6.45) is 3.15. The van der Waals surface area contributed by atoms with Gasteiger partial charge in [0.25, 0.3) is 5.91 Å². The van der Waals surface area contributed by atoms with E-state index in [2.05, 4.69) is 4.98 Å². The summed E-state index contributed by atoms with van der Waals surface area (Å²) >= 11 is 5.90. The van der Waals surface area contributed by atoms with Gasteiger partial charge in [0.05, 0.1) is 13.2 Å². The number of rotatable bonds is 2. The molecule has 0 spiro atoms. The molecule has 1 aromatic carbocycles. The fourth-order valence-corrected chi connectivity index (χ4v) is 2.52. The van der Waals surface area contributed by atoms with Gasteiger partial charge in [-0.1, -0.05) is 23.7 Å². The molecule has 3 rings (SSSR count). The molecule has 1 saturated heterocycles. The van der Waals surface area contributed by atoms with Crippen molar-refractivity contribution in [1.82, 2.24) is 9.88 Å². The molecule has 1 fully saturated rings. The first kappa shape index (κ1) is 14.0. The third kappa shape index (κ3) is 3.23. The summed E-state index contributed by atoms with van der Waals surface area (Å²) in [4.78, 5) is 18.2. The van der Waals surface area contributed by atoms with E-state index in [1.54, 1.807) is 24.5 Å². The molecule has 0 bridgehead atoms. The normalized spacial score (nSPS) is 18.5. The first-order valence-electron chi connectivity index (χ1n) is 6.80. The Bertz CT molecular complexity index is 616. The molecule has 1 aromatic heterocycles. The largest absolute Gasteiger partial charge is 0.370 e. The number of hydrogen-bond acceptors (Lipinski definition) is 3. The molecule has 1 aliphatic rings. The van der Waals surface area contributed by atoms with E-state index in [0.717, 1.165) is 5.56 Å². The summed E-state index contributed by atoms with van der Waals surface area (Å²) in [6.45, 7) is 1.68. The Balaban J connectivity index is 1.74. The van der Waals surface area contributed by atoms with Crippen LogP contribution in [0.5, 0.6) is 0 Å². The second kappa shape index (κ2) is 6.24. The van der Waals surface area contributed by atoms with E-state index in [-0.39, 0.29) is 12.0 Å². The number of morpholine rings is 1. The van der Waals surface area contributed by atoms with Crippen LogP contribution < -0.4 is 0 Å². The maximum Gasteiger partial charge on any atom is 0.254 e. The van der Waals surface area contributed by atoms with E-state index >= 15 is 0 Å². The molecule has 4 nitrogen and oxygen atoms in total. The zero-order chi connectivity index (χ0) is 14.7. The molecule has 2 aromatic rings. The number of benzene rings is 1. The fraction of sp³-hybridized carbons (Fsp3) is 0.250. The summed E-state index contributed by atoms with van der Waals surface area (Å²) < 4.78 is 5.77. The van der Waals surface area contributed by atoms with Crippen molar-refractivity contribution in [2.24, 2.45) is 0 Å². The van der Waals surface area contributed by atoms with Gasteiger partial charge in [0, 0.05) is 29.5 Å². The molecule has 108 valence electrons. The van der Waals surface area contributed by atoms with Crippen molar-refractivity contribution in [2.75, 3.05) is 19.7 Å². The summed E-state index contributed by atoms with van der Waals surface area (Å²) in [7, 11) is 0. The first-order chi connectivity index (χ1) is 10.2. The van der Waals surface area contributed by atoms with Gasteiger partial charge >= 0.3 is 0 Å². The van der Waals surface area contributed by atoms with Crippen LogP contribution in [0.2, 0.25) is 5.02 Å². The summed E-state index contributed by atoms with van der Waals surface area (Å²) in [5.41, 5.74) is 1.69. The van der Waals surface area contributed by atoms with Crippen molar-refractivity contribution in [3.05, 3.63) is 64.9 Å². The maximum absolute atomic E-state index is 12.5. The Morgan fingerprint density at radius 2 is 1.90 bits per heavy atom. The number of carbonyl (C=O) groups excluding carboxylic acids is 1. The van der Waals surface area contributed by atoms with Crippen LogP contribution in [0.3, 0.4) is 0 Å². The quantitative estimate of drug-likeness (QED) is 0.856. The number of aromatic nitrogens is 1. The molecule has 21 heavy (non-hydrogen) atoms. The minimum Gasteiger partial charge on any atom is -0.370 e. The molecule has 1 atom stereocenters. The SMILES string of the molecule is O=C(c1ccncc1)N1CCOC(c2ccc(Cl)cc2)C1. The molecule has 2 heterocycles. The third-order valence-electron chi connectivity index (χ3n) is 3.52. The predicted octanol–water partition coefficient (Wildman–Crippen LogP) is 2.95. The second-order valence-electron chi connectivity index (χ2n) is 4.90. The molecule has 0 aliphatic carbocycles. The monoisotopic (exact) mass is 302 g/mol. The van der Waals surface area contributed by atoms with Gasteiger partial charge in [-0.2, -0.15) is 0 Å². The fourth-order valence-electron chi connectivity index (χ4n) is 2.39. The van der Waals surface area contributed by atoms with Crippen LogP contribution in [0.1, 0.15) is 22.0 Å². The Labute approximate surface area is 128 Å². The van der Waals surface area contributed by atoms with Crippen LogP contribution in [0.4, 0.5) is 0 Å². The lowest BCUT2D eigenvalue weighted by Gasteiger charge is -2.33. The van der Waals surface area contributed by atoms with E-state index < -0.39 is 0 Å². The van der Waals surface area contributed by atoms with Crippen LogP contribution in [-0.4, -0.2) is 35.5 Å². The highest BCUT2D eigenvalue weighted by Gasteiger charge is 2.26. The lowest BCUT2D eigenvalue weighted by molar-refractivity contribution is -0.0228. The van der Waals surface area contributed by atoms with Crippen molar-refractivity contribution >= 4 is 17.5 Å². The van der Waals surface area contributed by atoms with Gasteiger partial charge in [-0.15, -0.1) is 0 Å². The van der Waals surface area contributed by atoms with Crippen molar-refractivity contribution in [3.8, 4) is 0 Å². The molecule has 1 unspecified atom stereocenters.